The van der Waals surface area contributed by atoms with Crippen molar-refractivity contribution in [1.82, 2.24) is 0 Å². The Morgan fingerprint density at radius 3 is 2.76 bits per heavy atom. The first-order chi connectivity index (χ1) is 7.99. The van der Waals surface area contributed by atoms with Gasteiger partial charge in [0.2, 0.25) is 5.91 Å². The summed E-state index contributed by atoms with van der Waals surface area (Å²) >= 11 is 4.19. The molecule has 0 unspecified atom stereocenters. The number of anilines is 1. The molecule has 1 heterocycles. The molecule has 1 aromatic rings. The van der Waals surface area contributed by atoms with Crippen molar-refractivity contribution in [2.24, 2.45) is 5.73 Å². The number of rotatable bonds is 3. The Hall–Kier alpha value is -1.00. The van der Waals surface area contributed by atoms with Gasteiger partial charge in [-0.3, -0.25) is 4.79 Å². The Kier molecular flexibility index (Phi) is 3.19. The van der Waals surface area contributed by atoms with E-state index in [1.54, 1.807) is 4.90 Å². The van der Waals surface area contributed by atoms with E-state index in [0.717, 1.165) is 11.3 Å². The highest BCUT2D eigenvalue weighted by molar-refractivity contribution is 7.80. The topological polar surface area (TPSA) is 46.3 Å². The second kappa shape index (κ2) is 4.35. The van der Waals surface area contributed by atoms with Gasteiger partial charge in [0, 0.05) is 17.6 Å². The summed E-state index contributed by atoms with van der Waals surface area (Å²) in [6.45, 7) is 4.82. The number of fused-ring (bicyclic) bond motifs is 1. The highest BCUT2D eigenvalue weighted by Gasteiger charge is 2.28. The van der Waals surface area contributed by atoms with E-state index in [9.17, 15) is 4.79 Å². The molecular weight excluding hydrogens is 232 g/mol. The number of hydrogen-bond acceptors (Lipinski definition) is 3. The third-order valence-electron chi connectivity index (χ3n) is 3.45. The quantitative estimate of drug-likeness (QED) is 0.802. The van der Waals surface area contributed by atoms with E-state index in [4.69, 9.17) is 5.73 Å². The second-order valence-electron chi connectivity index (χ2n) is 5.07. The Labute approximate surface area is 107 Å². The van der Waals surface area contributed by atoms with Gasteiger partial charge in [-0.15, -0.1) is 0 Å². The molecule has 0 fully saturated rings. The van der Waals surface area contributed by atoms with E-state index in [1.807, 2.05) is 6.07 Å². The molecule has 0 aromatic heterocycles. The molecule has 0 saturated carbocycles. The second-order valence-corrected chi connectivity index (χ2v) is 5.35. The molecule has 4 heteroatoms. The first-order valence-electron chi connectivity index (χ1n) is 5.74. The molecular formula is C13H18N2OS. The van der Waals surface area contributed by atoms with E-state index in [-0.39, 0.29) is 11.3 Å². The minimum absolute atomic E-state index is 0.0491. The van der Waals surface area contributed by atoms with Gasteiger partial charge in [-0.1, -0.05) is 26.0 Å². The van der Waals surface area contributed by atoms with Crippen molar-refractivity contribution >= 4 is 24.2 Å². The minimum atomic E-state index is -0.0491. The maximum absolute atomic E-state index is 11.7. The van der Waals surface area contributed by atoms with Crippen molar-refractivity contribution in [3.63, 3.8) is 0 Å². The van der Waals surface area contributed by atoms with Crippen LogP contribution in [0.15, 0.2) is 18.2 Å². The molecule has 0 aliphatic carbocycles. The SMILES string of the molecule is CC(C)(CN)c1ccc2c(c1)CC(=O)N2CS. The maximum atomic E-state index is 11.7. The summed E-state index contributed by atoms with van der Waals surface area (Å²) in [6, 6.07) is 6.16. The van der Waals surface area contributed by atoms with Gasteiger partial charge in [-0.05, 0) is 17.2 Å². The average Bonchev–Trinajstić information content (AvgIpc) is 2.63. The minimum Gasteiger partial charge on any atom is -0.330 e. The van der Waals surface area contributed by atoms with Crippen LogP contribution in [0, 0.1) is 0 Å². The molecule has 2 rings (SSSR count). The average molecular weight is 250 g/mol. The fourth-order valence-corrected chi connectivity index (χ4v) is 2.39. The number of benzene rings is 1. The van der Waals surface area contributed by atoms with Crippen molar-refractivity contribution in [3.05, 3.63) is 29.3 Å². The molecule has 17 heavy (non-hydrogen) atoms. The molecule has 1 aliphatic rings. The summed E-state index contributed by atoms with van der Waals surface area (Å²) in [5.74, 6) is 0.559. The van der Waals surface area contributed by atoms with Gasteiger partial charge in [-0.2, -0.15) is 12.6 Å². The van der Waals surface area contributed by atoms with Crippen molar-refractivity contribution in [3.8, 4) is 0 Å². The molecule has 3 nitrogen and oxygen atoms in total. The van der Waals surface area contributed by atoms with Crippen molar-refractivity contribution in [1.29, 1.82) is 0 Å². The normalized spacial score (nSPS) is 15.3. The van der Waals surface area contributed by atoms with Crippen LogP contribution in [0.5, 0.6) is 0 Å². The van der Waals surface area contributed by atoms with Crippen LogP contribution < -0.4 is 10.6 Å². The lowest BCUT2D eigenvalue weighted by molar-refractivity contribution is -0.117. The Bertz CT molecular complexity index is 457. The van der Waals surface area contributed by atoms with Crippen molar-refractivity contribution in [2.45, 2.75) is 25.7 Å². The number of amides is 1. The zero-order valence-electron chi connectivity index (χ0n) is 10.2. The predicted octanol–water partition coefficient (Wildman–Crippen LogP) is 1.70. The van der Waals surface area contributed by atoms with E-state index in [1.165, 1.54) is 5.56 Å². The third-order valence-corrected chi connectivity index (χ3v) is 3.73. The van der Waals surface area contributed by atoms with E-state index in [2.05, 4.69) is 38.6 Å². The monoisotopic (exact) mass is 250 g/mol. The highest BCUT2D eigenvalue weighted by Crippen LogP contribution is 2.33. The van der Waals surface area contributed by atoms with Gasteiger partial charge in [0.25, 0.3) is 0 Å². The number of carbonyl (C=O) groups excluding carboxylic acids is 1. The molecule has 2 N–H and O–H groups in total. The van der Waals surface area contributed by atoms with Crippen LogP contribution in [0.25, 0.3) is 0 Å². The Balaban J connectivity index is 2.41. The molecule has 0 bridgehead atoms. The molecule has 1 aromatic carbocycles. The van der Waals surface area contributed by atoms with Crippen molar-refractivity contribution < 1.29 is 4.79 Å². The van der Waals surface area contributed by atoms with Crippen molar-refractivity contribution in [2.75, 3.05) is 17.3 Å². The lowest BCUT2D eigenvalue weighted by Gasteiger charge is -2.24. The number of nitrogens with two attached hydrogens (primary N) is 1. The van der Waals surface area contributed by atoms with Gasteiger partial charge in [0.15, 0.2) is 0 Å². The number of nitrogens with zero attached hydrogens (tertiary/aromatic N) is 1. The molecule has 0 spiro atoms. The van der Waals surface area contributed by atoms with Gasteiger partial charge >= 0.3 is 0 Å². The fourth-order valence-electron chi connectivity index (χ4n) is 2.08. The summed E-state index contributed by atoms with van der Waals surface area (Å²) in [6.07, 6.45) is 0.477. The van der Waals surface area contributed by atoms with E-state index in [0.29, 0.717) is 18.8 Å². The van der Waals surface area contributed by atoms with Crippen LogP contribution in [-0.4, -0.2) is 18.3 Å². The maximum Gasteiger partial charge on any atom is 0.232 e. The molecule has 0 saturated heterocycles. The standard InChI is InChI=1S/C13H18N2OS/c1-13(2,7-14)10-3-4-11-9(5-10)6-12(16)15(11)8-17/h3-5,17H,6-8,14H2,1-2H3. The molecule has 1 aliphatic heterocycles. The predicted molar refractivity (Wildman–Crippen MR) is 73.6 cm³/mol. The van der Waals surface area contributed by atoms with E-state index < -0.39 is 0 Å². The summed E-state index contributed by atoms with van der Waals surface area (Å²) in [7, 11) is 0. The zero-order chi connectivity index (χ0) is 12.6. The van der Waals surface area contributed by atoms with Gasteiger partial charge in [0.05, 0.1) is 12.3 Å². The van der Waals surface area contributed by atoms with Crippen LogP contribution >= 0.6 is 12.6 Å². The molecule has 0 radical (unpaired) electrons. The van der Waals surface area contributed by atoms with Crippen LogP contribution in [0.4, 0.5) is 5.69 Å². The largest absolute Gasteiger partial charge is 0.330 e. The molecule has 92 valence electrons. The van der Waals surface area contributed by atoms with Gasteiger partial charge in [0.1, 0.15) is 0 Å². The van der Waals surface area contributed by atoms with Crippen LogP contribution in [0.2, 0.25) is 0 Å². The summed E-state index contributed by atoms with van der Waals surface area (Å²) in [5, 5.41) is 0. The fraction of sp³-hybridized carbons (Fsp3) is 0.462. The number of carbonyl (C=O) groups is 1. The van der Waals surface area contributed by atoms with Gasteiger partial charge < -0.3 is 10.6 Å². The van der Waals surface area contributed by atoms with Crippen LogP contribution in [0.3, 0.4) is 0 Å². The van der Waals surface area contributed by atoms with Gasteiger partial charge in [-0.25, -0.2) is 0 Å². The van der Waals surface area contributed by atoms with E-state index >= 15 is 0 Å². The third kappa shape index (κ3) is 2.07. The smallest absolute Gasteiger partial charge is 0.232 e. The van der Waals surface area contributed by atoms with Crippen LogP contribution in [0.1, 0.15) is 25.0 Å². The first kappa shape index (κ1) is 12.5. The Morgan fingerprint density at radius 2 is 2.18 bits per heavy atom. The summed E-state index contributed by atoms with van der Waals surface area (Å²) in [4.78, 5) is 13.5. The number of hydrogen-bond donors (Lipinski definition) is 2. The molecule has 1 amide bonds. The summed E-state index contributed by atoms with van der Waals surface area (Å²) < 4.78 is 0. The zero-order valence-corrected chi connectivity index (χ0v) is 11.1. The van der Waals surface area contributed by atoms with Crippen LogP contribution in [-0.2, 0) is 16.6 Å². The lowest BCUT2D eigenvalue weighted by Crippen LogP contribution is -2.28. The number of thiol groups is 1. The highest BCUT2D eigenvalue weighted by atomic mass is 32.1. The Morgan fingerprint density at radius 1 is 1.47 bits per heavy atom. The summed E-state index contributed by atoms with van der Waals surface area (Å²) in [5.41, 5.74) is 8.99. The molecule has 0 atom stereocenters. The first-order valence-corrected chi connectivity index (χ1v) is 6.37. The lowest BCUT2D eigenvalue weighted by atomic mass is 9.84.